The molecular weight excluding hydrogens is 687 g/mol. The van der Waals surface area contributed by atoms with Gasteiger partial charge in [0.15, 0.2) is 0 Å². The van der Waals surface area contributed by atoms with Crippen molar-refractivity contribution in [1.29, 1.82) is 0 Å². The van der Waals surface area contributed by atoms with Gasteiger partial charge >= 0.3 is 0 Å². The zero-order valence-corrected chi connectivity index (χ0v) is 32.6. The van der Waals surface area contributed by atoms with Gasteiger partial charge in [-0.1, -0.05) is 172 Å². The molecule has 10 rings (SSSR count). The number of fused-ring (bicyclic) bond motifs is 4. The Bertz CT molecular complexity index is 2900. The van der Waals surface area contributed by atoms with Gasteiger partial charge in [0, 0.05) is 22.5 Å². The molecular formula is C56H43N. The standard InChI is InChI=1S/C56H43N/c1-38-10-9-15-50(34-38)57(49-29-26-45(27-30-49)47-25-24-40-13-7-8-14-46(40)35-47)51-31-33-53-52-32-28-48(36-54(52)56(2,3)55(53)37-51)44-22-20-43(21-23-44)42-18-16-41(17-19-42)39-11-5-4-6-12-39/h4-37H,1-3H3. The minimum Gasteiger partial charge on any atom is -0.310 e. The van der Waals surface area contributed by atoms with Gasteiger partial charge in [-0.05, 0) is 139 Å². The molecule has 0 radical (unpaired) electrons. The van der Waals surface area contributed by atoms with Gasteiger partial charge in [0.2, 0.25) is 0 Å². The number of hydrogen-bond acceptors (Lipinski definition) is 1. The molecule has 0 atom stereocenters. The lowest BCUT2D eigenvalue weighted by atomic mass is 9.81. The van der Waals surface area contributed by atoms with Crippen molar-refractivity contribution in [1.82, 2.24) is 0 Å². The summed E-state index contributed by atoms with van der Waals surface area (Å²) < 4.78 is 0. The Morgan fingerprint density at radius 1 is 0.316 bits per heavy atom. The van der Waals surface area contributed by atoms with Crippen LogP contribution < -0.4 is 4.90 Å². The maximum atomic E-state index is 2.42. The summed E-state index contributed by atoms with van der Waals surface area (Å²) in [7, 11) is 0. The van der Waals surface area contributed by atoms with E-state index >= 15 is 0 Å². The van der Waals surface area contributed by atoms with Crippen molar-refractivity contribution in [3.8, 4) is 55.6 Å². The number of nitrogens with zero attached hydrogens (tertiary/aromatic N) is 1. The van der Waals surface area contributed by atoms with Gasteiger partial charge in [-0.3, -0.25) is 0 Å². The predicted octanol–water partition coefficient (Wildman–Crippen LogP) is 15.6. The maximum absolute atomic E-state index is 2.42. The fraction of sp³-hybridized carbons (Fsp3) is 0.0714. The normalized spacial score (nSPS) is 12.6. The molecule has 1 aliphatic carbocycles. The zero-order chi connectivity index (χ0) is 38.5. The summed E-state index contributed by atoms with van der Waals surface area (Å²) in [6.07, 6.45) is 0. The van der Waals surface area contributed by atoms with E-state index in [1.807, 2.05) is 0 Å². The summed E-state index contributed by atoms with van der Waals surface area (Å²) in [5, 5.41) is 2.52. The molecule has 0 heterocycles. The summed E-state index contributed by atoms with van der Waals surface area (Å²) in [4.78, 5) is 2.40. The molecule has 9 aromatic carbocycles. The second-order valence-electron chi connectivity index (χ2n) is 15.9. The molecule has 272 valence electrons. The first-order valence-corrected chi connectivity index (χ1v) is 19.9. The molecule has 9 aromatic rings. The number of aryl methyl sites for hydroxylation is 1. The van der Waals surface area contributed by atoms with E-state index in [4.69, 9.17) is 0 Å². The fourth-order valence-corrected chi connectivity index (χ4v) is 8.77. The Labute approximate surface area is 336 Å². The van der Waals surface area contributed by atoms with Crippen LogP contribution in [0.1, 0.15) is 30.5 Å². The quantitative estimate of drug-likeness (QED) is 0.158. The van der Waals surface area contributed by atoms with Crippen LogP contribution in [0.15, 0.2) is 206 Å². The Hall–Kier alpha value is -6.96. The van der Waals surface area contributed by atoms with E-state index in [9.17, 15) is 0 Å². The van der Waals surface area contributed by atoms with Crippen molar-refractivity contribution < 1.29 is 0 Å². The van der Waals surface area contributed by atoms with Crippen molar-refractivity contribution in [2.24, 2.45) is 0 Å². The molecule has 0 amide bonds. The lowest BCUT2D eigenvalue weighted by Crippen LogP contribution is -2.16. The lowest BCUT2D eigenvalue weighted by molar-refractivity contribution is 0.660. The second-order valence-corrected chi connectivity index (χ2v) is 15.9. The minimum atomic E-state index is -0.171. The van der Waals surface area contributed by atoms with Crippen LogP contribution in [0, 0.1) is 6.92 Å². The van der Waals surface area contributed by atoms with E-state index in [0.717, 1.165) is 17.1 Å². The van der Waals surface area contributed by atoms with E-state index in [1.165, 1.54) is 83.1 Å². The molecule has 0 spiro atoms. The van der Waals surface area contributed by atoms with E-state index in [-0.39, 0.29) is 5.41 Å². The molecule has 0 saturated heterocycles. The molecule has 0 N–H and O–H groups in total. The number of benzene rings is 9. The Balaban J connectivity index is 0.955. The summed E-state index contributed by atoms with van der Waals surface area (Å²) in [5.41, 5.74) is 19.7. The summed E-state index contributed by atoms with van der Waals surface area (Å²) in [5.74, 6) is 0. The summed E-state index contributed by atoms with van der Waals surface area (Å²) >= 11 is 0. The fourth-order valence-electron chi connectivity index (χ4n) is 8.77. The van der Waals surface area contributed by atoms with Gasteiger partial charge < -0.3 is 4.90 Å². The molecule has 0 aromatic heterocycles. The Morgan fingerprint density at radius 2 is 0.772 bits per heavy atom. The topological polar surface area (TPSA) is 3.24 Å². The van der Waals surface area contributed by atoms with Crippen molar-refractivity contribution >= 4 is 27.8 Å². The van der Waals surface area contributed by atoms with E-state index < -0.39 is 0 Å². The Morgan fingerprint density at radius 3 is 1.42 bits per heavy atom. The van der Waals surface area contributed by atoms with Crippen LogP contribution in [0.3, 0.4) is 0 Å². The first-order valence-electron chi connectivity index (χ1n) is 19.9. The van der Waals surface area contributed by atoms with Gasteiger partial charge in [-0.2, -0.15) is 0 Å². The van der Waals surface area contributed by atoms with E-state index in [1.54, 1.807) is 0 Å². The van der Waals surface area contributed by atoms with Gasteiger partial charge in [0.1, 0.15) is 0 Å². The second kappa shape index (κ2) is 14.0. The number of hydrogen-bond donors (Lipinski definition) is 0. The highest BCUT2D eigenvalue weighted by Gasteiger charge is 2.36. The van der Waals surface area contributed by atoms with E-state index in [2.05, 4.69) is 232 Å². The molecule has 1 heteroatoms. The number of anilines is 3. The van der Waals surface area contributed by atoms with E-state index in [0.29, 0.717) is 0 Å². The molecule has 0 unspecified atom stereocenters. The molecule has 1 aliphatic rings. The Kier molecular flexibility index (Phi) is 8.46. The third kappa shape index (κ3) is 6.32. The summed E-state index contributed by atoms with van der Waals surface area (Å²) in [6, 6.07) is 75.7. The molecule has 57 heavy (non-hydrogen) atoms. The molecule has 0 aliphatic heterocycles. The van der Waals surface area contributed by atoms with Crippen LogP contribution >= 0.6 is 0 Å². The molecule has 0 saturated carbocycles. The highest BCUT2D eigenvalue weighted by molar-refractivity contribution is 5.89. The molecule has 0 fully saturated rings. The van der Waals surface area contributed by atoms with Crippen molar-refractivity contribution in [3.05, 3.63) is 223 Å². The van der Waals surface area contributed by atoms with Gasteiger partial charge in [0.05, 0.1) is 0 Å². The van der Waals surface area contributed by atoms with Crippen LogP contribution in [-0.4, -0.2) is 0 Å². The third-order valence-corrected chi connectivity index (χ3v) is 11.9. The van der Waals surface area contributed by atoms with Crippen LogP contribution in [0.25, 0.3) is 66.4 Å². The van der Waals surface area contributed by atoms with Crippen molar-refractivity contribution in [3.63, 3.8) is 0 Å². The minimum absolute atomic E-state index is 0.171. The largest absolute Gasteiger partial charge is 0.310 e. The maximum Gasteiger partial charge on any atom is 0.0465 e. The molecule has 1 nitrogen and oxygen atoms in total. The highest BCUT2D eigenvalue weighted by Crippen LogP contribution is 2.51. The average Bonchev–Trinajstić information content (AvgIpc) is 3.49. The van der Waals surface area contributed by atoms with Crippen LogP contribution in [0.4, 0.5) is 17.1 Å². The van der Waals surface area contributed by atoms with Crippen molar-refractivity contribution in [2.45, 2.75) is 26.2 Å². The first kappa shape index (κ1) is 34.5. The molecule has 0 bridgehead atoms. The lowest BCUT2D eigenvalue weighted by Gasteiger charge is -2.28. The number of rotatable bonds is 7. The van der Waals surface area contributed by atoms with Crippen LogP contribution in [-0.2, 0) is 5.41 Å². The van der Waals surface area contributed by atoms with Crippen LogP contribution in [0.5, 0.6) is 0 Å². The summed E-state index contributed by atoms with van der Waals surface area (Å²) in [6.45, 7) is 6.92. The highest BCUT2D eigenvalue weighted by atomic mass is 15.1. The predicted molar refractivity (Wildman–Crippen MR) is 243 cm³/mol. The van der Waals surface area contributed by atoms with Gasteiger partial charge in [-0.25, -0.2) is 0 Å². The van der Waals surface area contributed by atoms with Gasteiger partial charge in [-0.15, -0.1) is 0 Å². The van der Waals surface area contributed by atoms with Crippen LogP contribution in [0.2, 0.25) is 0 Å². The smallest absolute Gasteiger partial charge is 0.0465 e. The average molecular weight is 730 g/mol. The third-order valence-electron chi connectivity index (χ3n) is 11.9. The first-order chi connectivity index (χ1) is 27.9. The zero-order valence-electron chi connectivity index (χ0n) is 32.6. The van der Waals surface area contributed by atoms with Crippen molar-refractivity contribution in [2.75, 3.05) is 4.90 Å². The SMILES string of the molecule is Cc1cccc(N(c2ccc(-c3ccc4ccccc4c3)cc2)c2ccc3c(c2)C(C)(C)c2cc(-c4ccc(-c5ccc(-c6ccccc6)cc5)cc4)ccc2-3)c1. The van der Waals surface area contributed by atoms with Gasteiger partial charge in [0.25, 0.3) is 0 Å². The monoisotopic (exact) mass is 729 g/mol.